The number of alkyl carbamates (subject to hydrolysis) is 1. The molecule has 0 atom stereocenters. The summed E-state index contributed by atoms with van der Waals surface area (Å²) < 4.78 is 9.92. The number of nitrogens with one attached hydrogen (secondary N) is 1. The van der Waals surface area contributed by atoms with Gasteiger partial charge in [0.2, 0.25) is 0 Å². The Bertz CT molecular complexity index is 318. The molecule has 0 radical (unpaired) electrons. The van der Waals surface area contributed by atoms with Crippen molar-refractivity contribution in [2.45, 2.75) is 52.6 Å². The van der Waals surface area contributed by atoms with E-state index in [1.165, 1.54) is 0 Å². The molecule has 0 aromatic heterocycles. The fraction of sp³-hybridized carbons (Fsp3) is 0.714. The monoisotopic (exact) mass is 271 g/mol. The Kier molecular flexibility index (Phi) is 7.87. The lowest BCUT2D eigenvalue weighted by molar-refractivity contribution is -0.143. The summed E-state index contributed by atoms with van der Waals surface area (Å²) >= 11 is 0. The van der Waals surface area contributed by atoms with Crippen LogP contribution in [-0.2, 0) is 14.3 Å². The molecule has 0 saturated heterocycles. The highest BCUT2D eigenvalue weighted by Gasteiger charge is 2.15. The molecule has 1 amide bonds. The van der Waals surface area contributed by atoms with Gasteiger partial charge in [-0.15, -0.1) is 0 Å². The molecule has 0 rings (SSSR count). The number of ether oxygens (including phenoxy) is 2. The molecule has 19 heavy (non-hydrogen) atoms. The van der Waals surface area contributed by atoms with E-state index in [1.54, 1.807) is 6.92 Å². The van der Waals surface area contributed by atoms with Crippen LogP contribution < -0.4 is 5.32 Å². The Morgan fingerprint density at radius 3 is 2.32 bits per heavy atom. The first-order valence-corrected chi connectivity index (χ1v) is 6.53. The molecule has 0 aromatic carbocycles. The largest absolute Gasteiger partial charge is 0.466 e. The van der Waals surface area contributed by atoms with Gasteiger partial charge in [0.05, 0.1) is 6.61 Å². The minimum absolute atomic E-state index is 0.219. The van der Waals surface area contributed by atoms with Gasteiger partial charge in [-0.25, -0.2) is 4.79 Å². The number of rotatable bonds is 7. The predicted molar refractivity (Wildman–Crippen MR) is 73.9 cm³/mol. The van der Waals surface area contributed by atoms with E-state index in [0.29, 0.717) is 32.4 Å². The first-order valence-electron chi connectivity index (χ1n) is 6.53. The minimum atomic E-state index is -0.495. The van der Waals surface area contributed by atoms with Crippen molar-refractivity contribution in [1.82, 2.24) is 5.32 Å². The third-order valence-corrected chi connectivity index (χ3v) is 2.13. The van der Waals surface area contributed by atoms with Gasteiger partial charge in [0, 0.05) is 13.0 Å². The summed E-state index contributed by atoms with van der Waals surface area (Å²) in [6.45, 7) is 11.9. The molecule has 0 saturated carbocycles. The van der Waals surface area contributed by atoms with Gasteiger partial charge < -0.3 is 14.8 Å². The highest BCUT2D eigenvalue weighted by molar-refractivity contribution is 5.69. The summed E-state index contributed by atoms with van der Waals surface area (Å²) in [6.07, 6.45) is 1.10. The van der Waals surface area contributed by atoms with Crippen molar-refractivity contribution in [1.29, 1.82) is 0 Å². The average Bonchev–Trinajstić information content (AvgIpc) is 2.24. The Balaban J connectivity index is 3.69. The van der Waals surface area contributed by atoms with Crippen molar-refractivity contribution in [3.8, 4) is 0 Å². The van der Waals surface area contributed by atoms with Gasteiger partial charge in [-0.05, 0) is 40.5 Å². The van der Waals surface area contributed by atoms with Gasteiger partial charge >= 0.3 is 12.1 Å². The van der Waals surface area contributed by atoms with Gasteiger partial charge in [0.15, 0.2) is 0 Å². The fourth-order valence-corrected chi connectivity index (χ4v) is 1.29. The zero-order chi connectivity index (χ0) is 14.9. The van der Waals surface area contributed by atoms with Crippen LogP contribution >= 0.6 is 0 Å². The molecule has 0 aliphatic carbocycles. The number of hydrogen-bond acceptors (Lipinski definition) is 4. The van der Waals surface area contributed by atoms with Gasteiger partial charge in [-0.1, -0.05) is 12.2 Å². The maximum absolute atomic E-state index is 11.4. The van der Waals surface area contributed by atoms with Gasteiger partial charge in [0.25, 0.3) is 0 Å². The van der Waals surface area contributed by atoms with E-state index in [0.717, 1.165) is 5.57 Å². The Morgan fingerprint density at radius 2 is 1.79 bits per heavy atom. The zero-order valence-corrected chi connectivity index (χ0v) is 12.4. The standard InChI is InChI=1S/C14H25NO4/c1-6-18-12(16)8-7-11(2)9-10-15-13(17)19-14(3,4)5/h2,6-10H2,1,3-5H3,(H,15,17). The molecule has 0 aliphatic heterocycles. The van der Waals surface area contributed by atoms with E-state index >= 15 is 0 Å². The highest BCUT2D eigenvalue weighted by atomic mass is 16.6. The van der Waals surface area contributed by atoms with Gasteiger partial charge in [0.1, 0.15) is 5.60 Å². The summed E-state index contributed by atoms with van der Waals surface area (Å²) in [5.41, 5.74) is 0.412. The third kappa shape index (κ3) is 11.3. The second kappa shape index (κ2) is 8.56. The summed E-state index contributed by atoms with van der Waals surface area (Å²) in [4.78, 5) is 22.5. The van der Waals surface area contributed by atoms with Crippen molar-refractivity contribution in [3.05, 3.63) is 12.2 Å². The van der Waals surface area contributed by atoms with E-state index in [-0.39, 0.29) is 5.97 Å². The Labute approximate surface area is 115 Å². The van der Waals surface area contributed by atoms with E-state index in [9.17, 15) is 9.59 Å². The van der Waals surface area contributed by atoms with Crippen molar-refractivity contribution in [3.63, 3.8) is 0 Å². The summed E-state index contributed by atoms with van der Waals surface area (Å²) in [5, 5.41) is 2.64. The lowest BCUT2D eigenvalue weighted by Crippen LogP contribution is -2.33. The van der Waals surface area contributed by atoms with Crippen molar-refractivity contribution >= 4 is 12.1 Å². The van der Waals surface area contributed by atoms with E-state index in [2.05, 4.69) is 11.9 Å². The summed E-state index contributed by atoms with van der Waals surface area (Å²) in [5.74, 6) is -0.219. The number of amides is 1. The second-order valence-electron chi connectivity index (χ2n) is 5.23. The quantitative estimate of drug-likeness (QED) is 0.571. The van der Waals surface area contributed by atoms with Crippen molar-refractivity contribution in [2.75, 3.05) is 13.2 Å². The molecule has 0 aromatic rings. The molecule has 0 spiro atoms. The molecule has 5 heteroatoms. The van der Waals surface area contributed by atoms with Crippen LogP contribution in [-0.4, -0.2) is 30.8 Å². The first-order chi connectivity index (χ1) is 8.74. The summed E-state index contributed by atoms with van der Waals surface area (Å²) in [7, 11) is 0. The van der Waals surface area contributed by atoms with E-state index < -0.39 is 11.7 Å². The number of carbonyl (C=O) groups is 2. The molecule has 5 nitrogen and oxygen atoms in total. The molecule has 0 unspecified atom stereocenters. The lowest BCUT2D eigenvalue weighted by Gasteiger charge is -2.19. The van der Waals surface area contributed by atoms with Gasteiger partial charge in [-0.2, -0.15) is 0 Å². The van der Waals surface area contributed by atoms with Crippen LogP contribution in [0.3, 0.4) is 0 Å². The maximum atomic E-state index is 11.4. The molecule has 0 aliphatic rings. The fourth-order valence-electron chi connectivity index (χ4n) is 1.29. The minimum Gasteiger partial charge on any atom is -0.466 e. The highest BCUT2D eigenvalue weighted by Crippen LogP contribution is 2.09. The molecule has 1 N–H and O–H groups in total. The van der Waals surface area contributed by atoms with Crippen LogP contribution in [0.5, 0.6) is 0 Å². The maximum Gasteiger partial charge on any atom is 0.407 e. The normalized spacial score (nSPS) is 10.7. The molecule has 0 bridgehead atoms. The Hall–Kier alpha value is -1.52. The topological polar surface area (TPSA) is 64.6 Å². The molecule has 0 heterocycles. The smallest absolute Gasteiger partial charge is 0.407 e. The molecular formula is C14H25NO4. The van der Waals surface area contributed by atoms with Crippen LogP contribution in [0, 0.1) is 0 Å². The number of hydrogen-bond donors (Lipinski definition) is 1. The van der Waals surface area contributed by atoms with Crippen LogP contribution in [0.1, 0.15) is 47.0 Å². The third-order valence-electron chi connectivity index (χ3n) is 2.13. The number of carbonyl (C=O) groups excluding carboxylic acids is 2. The van der Waals surface area contributed by atoms with Crippen LogP contribution in [0.15, 0.2) is 12.2 Å². The van der Waals surface area contributed by atoms with E-state index in [4.69, 9.17) is 9.47 Å². The zero-order valence-electron chi connectivity index (χ0n) is 12.4. The first kappa shape index (κ1) is 17.5. The molecular weight excluding hydrogens is 246 g/mol. The van der Waals surface area contributed by atoms with E-state index in [1.807, 2.05) is 20.8 Å². The Morgan fingerprint density at radius 1 is 1.16 bits per heavy atom. The van der Waals surface area contributed by atoms with Crippen LogP contribution in [0.2, 0.25) is 0 Å². The van der Waals surface area contributed by atoms with Crippen molar-refractivity contribution < 1.29 is 19.1 Å². The van der Waals surface area contributed by atoms with Crippen molar-refractivity contribution in [2.24, 2.45) is 0 Å². The van der Waals surface area contributed by atoms with Gasteiger partial charge in [-0.3, -0.25) is 4.79 Å². The van der Waals surface area contributed by atoms with Crippen LogP contribution in [0.25, 0.3) is 0 Å². The SMILES string of the molecule is C=C(CCNC(=O)OC(C)(C)C)CCC(=O)OCC. The molecule has 110 valence electrons. The van der Waals surface area contributed by atoms with Crippen LogP contribution in [0.4, 0.5) is 4.79 Å². The average molecular weight is 271 g/mol. The lowest BCUT2D eigenvalue weighted by atomic mass is 10.1. The number of esters is 1. The second-order valence-corrected chi connectivity index (χ2v) is 5.23. The predicted octanol–water partition coefficient (Wildman–Crippen LogP) is 2.80. The summed E-state index contributed by atoms with van der Waals surface area (Å²) in [6, 6.07) is 0. The molecule has 0 fully saturated rings.